The molecule has 0 spiro atoms. The molecule has 1 aromatic carbocycles. The van der Waals surface area contributed by atoms with Gasteiger partial charge in [0.1, 0.15) is 5.76 Å². The molecule has 0 fully saturated rings. The zero-order chi connectivity index (χ0) is 13.8. The first-order valence-electron chi connectivity index (χ1n) is 6.87. The molecular formula is C16H22N2O. The van der Waals surface area contributed by atoms with Crippen molar-refractivity contribution in [3.63, 3.8) is 0 Å². The molecule has 0 bridgehead atoms. The quantitative estimate of drug-likeness (QED) is 0.882. The van der Waals surface area contributed by atoms with Gasteiger partial charge in [-0.25, -0.2) is 4.98 Å². The molecule has 102 valence electrons. The summed E-state index contributed by atoms with van der Waals surface area (Å²) in [5.74, 6) is 1.60. The lowest BCUT2D eigenvalue weighted by atomic mass is 10.0. The molecule has 0 aliphatic heterocycles. The number of oxazole rings is 1. The Hall–Kier alpha value is -1.61. The number of hydrogen-bond donors (Lipinski definition) is 1. The van der Waals surface area contributed by atoms with Gasteiger partial charge >= 0.3 is 0 Å². The number of benzene rings is 1. The molecule has 0 radical (unpaired) electrons. The molecule has 0 saturated heterocycles. The van der Waals surface area contributed by atoms with Gasteiger partial charge in [-0.3, -0.25) is 5.32 Å². The SMILES string of the molecule is CCc1ccc(C(C)NC(C)c2ncc(C)o2)cc1. The third-order valence-corrected chi connectivity index (χ3v) is 3.40. The van der Waals surface area contributed by atoms with Crippen LogP contribution in [0.15, 0.2) is 34.9 Å². The van der Waals surface area contributed by atoms with Crippen molar-refractivity contribution in [2.24, 2.45) is 0 Å². The van der Waals surface area contributed by atoms with E-state index in [4.69, 9.17) is 4.42 Å². The highest BCUT2D eigenvalue weighted by Gasteiger charge is 2.14. The maximum Gasteiger partial charge on any atom is 0.211 e. The zero-order valence-electron chi connectivity index (χ0n) is 12.1. The first-order chi connectivity index (χ1) is 9.10. The smallest absolute Gasteiger partial charge is 0.211 e. The second-order valence-corrected chi connectivity index (χ2v) is 5.01. The predicted molar refractivity (Wildman–Crippen MR) is 77.0 cm³/mol. The monoisotopic (exact) mass is 258 g/mol. The van der Waals surface area contributed by atoms with Crippen molar-refractivity contribution < 1.29 is 4.42 Å². The average molecular weight is 258 g/mol. The molecule has 2 unspecified atom stereocenters. The summed E-state index contributed by atoms with van der Waals surface area (Å²) in [6.07, 6.45) is 2.84. The summed E-state index contributed by atoms with van der Waals surface area (Å²) in [5.41, 5.74) is 2.65. The van der Waals surface area contributed by atoms with Gasteiger partial charge in [0.15, 0.2) is 0 Å². The molecule has 3 heteroatoms. The van der Waals surface area contributed by atoms with Crippen LogP contribution in [0.5, 0.6) is 0 Å². The Morgan fingerprint density at radius 3 is 2.37 bits per heavy atom. The molecule has 1 N–H and O–H groups in total. The third-order valence-electron chi connectivity index (χ3n) is 3.40. The Labute approximate surface area is 115 Å². The lowest BCUT2D eigenvalue weighted by Crippen LogP contribution is -2.22. The molecule has 0 aliphatic carbocycles. The minimum atomic E-state index is 0.106. The number of rotatable bonds is 5. The number of nitrogens with one attached hydrogen (secondary N) is 1. The van der Waals surface area contributed by atoms with Gasteiger partial charge in [-0.15, -0.1) is 0 Å². The van der Waals surface area contributed by atoms with E-state index in [1.165, 1.54) is 11.1 Å². The first-order valence-corrected chi connectivity index (χ1v) is 6.87. The highest BCUT2D eigenvalue weighted by atomic mass is 16.4. The van der Waals surface area contributed by atoms with Gasteiger partial charge in [0.25, 0.3) is 0 Å². The summed E-state index contributed by atoms with van der Waals surface area (Å²) in [7, 11) is 0. The van der Waals surface area contributed by atoms with Crippen LogP contribution in [0, 0.1) is 6.92 Å². The minimum absolute atomic E-state index is 0.106. The molecule has 0 saturated carbocycles. The fourth-order valence-electron chi connectivity index (χ4n) is 2.16. The molecule has 1 heterocycles. The lowest BCUT2D eigenvalue weighted by molar-refractivity contribution is 0.380. The Bertz CT molecular complexity index is 516. The maximum atomic E-state index is 5.54. The van der Waals surface area contributed by atoms with Gasteiger partial charge in [0, 0.05) is 6.04 Å². The van der Waals surface area contributed by atoms with Crippen LogP contribution in [-0.4, -0.2) is 4.98 Å². The molecule has 1 aromatic heterocycles. The summed E-state index contributed by atoms with van der Waals surface area (Å²) in [6, 6.07) is 9.12. The highest BCUT2D eigenvalue weighted by Crippen LogP contribution is 2.19. The standard InChI is InChI=1S/C16H22N2O/c1-5-14-6-8-15(9-7-14)12(3)18-13(4)16-17-10-11(2)19-16/h6-10,12-13,18H,5H2,1-4H3. The molecule has 2 rings (SSSR count). The van der Waals surface area contributed by atoms with E-state index in [1.54, 1.807) is 6.20 Å². The van der Waals surface area contributed by atoms with Gasteiger partial charge in [-0.2, -0.15) is 0 Å². The van der Waals surface area contributed by atoms with Crippen LogP contribution in [0.4, 0.5) is 0 Å². The molecular weight excluding hydrogens is 236 g/mol. The second kappa shape index (κ2) is 6.02. The van der Waals surface area contributed by atoms with Crippen LogP contribution in [0.3, 0.4) is 0 Å². The highest BCUT2D eigenvalue weighted by molar-refractivity contribution is 5.24. The van der Waals surface area contributed by atoms with Crippen LogP contribution >= 0.6 is 0 Å². The van der Waals surface area contributed by atoms with E-state index in [1.807, 2.05) is 6.92 Å². The number of hydrogen-bond acceptors (Lipinski definition) is 3. The zero-order valence-corrected chi connectivity index (χ0v) is 12.1. The van der Waals surface area contributed by atoms with E-state index < -0.39 is 0 Å². The fourth-order valence-corrected chi connectivity index (χ4v) is 2.16. The molecule has 0 aliphatic rings. The number of nitrogens with zero attached hydrogens (tertiary/aromatic N) is 1. The van der Waals surface area contributed by atoms with Crippen molar-refractivity contribution in [1.82, 2.24) is 10.3 Å². The maximum absolute atomic E-state index is 5.54. The van der Waals surface area contributed by atoms with E-state index in [-0.39, 0.29) is 12.1 Å². The third kappa shape index (κ3) is 3.44. The van der Waals surface area contributed by atoms with E-state index in [2.05, 4.69) is 55.3 Å². The van der Waals surface area contributed by atoms with Gasteiger partial charge in [-0.05, 0) is 38.3 Å². The molecule has 0 amide bonds. The summed E-state index contributed by atoms with van der Waals surface area (Å²) >= 11 is 0. The Balaban J connectivity index is 2.01. The molecule has 19 heavy (non-hydrogen) atoms. The van der Waals surface area contributed by atoms with Crippen molar-refractivity contribution in [2.75, 3.05) is 0 Å². The van der Waals surface area contributed by atoms with Crippen molar-refractivity contribution in [1.29, 1.82) is 0 Å². The predicted octanol–water partition coefficient (Wildman–Crippen LogP) is 3.96. The number of aromatic nitrogens is 1. The summed E-state index contributed by atoms with van der Waals surface area (Å²) < 4.78 is 5.54. The topological polar surface area (TPSA) is 38.1 Å². The van der Waals surface area contributed by atoms with Gasteiger partial charge in [-0.1, -0.05) is 31.2 Å². The van der Waals surface area contributed by atoms with Gasteiger partial charge < -0.3 is 4.42 Å². The van der Waals surface area contributed by atoms with Crippen LogP contribution in [0.25, 0.3) is 0 Å². The van der Waals surface area contributed by atoms with Gasteiger partial charge in [0.05, 0.1) is 12.2 Å². The summed E-state index contributed by atoms with van der Waals surface area (Å²) in [5, 5.41) is 3.51. The Morgan fingerprint density at radius 1 is 1.16 bits per heavy atom. The van der Waals surface area contributed by atoms with Crippen molar-refractivity contribution in [3.8, 4) is 0 Å². The van der Waals surface area contributed by atoms with Crippen LogP contribution in [0.2, 0.25) is 0 Å². The number of aryl methyl sites for hydroxylation is 2. The largest absolute Gasteiger partial charge is 0.444 e. The van der Waals surface area contributed by atoms with Crippen LogP contribution < -0.4 is 5.32 Å². The van der Waals surface area contributed by atoms with E-state index in [0.717, 1.165) is 18.1 Å². The summed E-state index contributed by atoms with van der Waals surface area (Å²) in [6.45, 7) is 8.31. The normalized spacial score (nSPS) is 14.3. The van der Waals surface area contributed by atoms with Crippen molar-refractivity contribution >= 4 is 0 Å². The minimum Gasteiger partial charge on any atom is -0.444 e. The Kier molecular flexibility index (Phi) is 4.38. The first kappa shape index (κ1) is 13.8. The lowest BCUT2D eigenvalue weighted by Gasteiger charge is -2.18. The van der Waals surface area contributed by atoms with Gasteiger partial charge in [0.2, 0.25) is 5.89 Å². The fraction of sp³-hybridized carbons (Fsp3) is 0.438. The van der Waals surface area contributed by atoms with E-state index in [0.29, 0.717) is 0 Å². The Morgan fingerprint density at radius 2 is 1.84 bits per heavy atom. The molecule has 2 atom stereocenters. The molecule has 3 nitrogen and oxygen atoms in total. The summed E-state index contributed by atoms with van der Waals surface area (Å²) in [4.78, 5) is 4.26. The second-order valence-electron chi connectivity index (χ2n) is 5.01. The molecule has 2 aromatic rings. The van der Waals surface area contributed by atoms with E-state index >= 15 is 0 Å². The van der Waals surface area contributed by atoms with Crippen LogP contribution in [0.1, 0.15) is 55.6 Å². The van der Waals surface area contributed by atoms with Crippen molar-refractivity contribution in [2.45, 2.75) is 46.2 Å². The van der Waals surface area contributed by atoms with E-state index in [9.17, 15) is 0 Å². The van der Waals surface area contributed by atoms with Crippen molar-refractivity contribution in [3.05, 3.63) is 53.2 Å². The van der Waals surface area contributed by atoms with Crippen LogP contribution in [-0.2, 0) is 6.42 Å². The average Bonchev–Trinajstić information content (AvgIpc) is 2.85.